The van der Waals surface area contributed by atoms with Gasteiger partial charge in [-0.1, -0.05) is 15.9 Å². The lowest BCUT2D eigenvalue weighted by atomic mass is 10.1. The Bertz CT molecular complexity index is 283. The van der Waals surface area contributed by atoms with Crippen LogP contribution >= 0.6 is 15.9 Å². The fraction of sp³-hybridized carbons (Fsp3) is 0.400. The van der Waals surface area contributed by atoms with Crippen molar-refractivity contribution in [3.8, 4) is 5.75 Å². The van der Waals surface area contributed by atoms with Crippen LogP contribution in [0.1, 0.15) is 11.1 Å². The predicted octanol–water partition coefficient (Wildman–Crippen LogP) is 2.02. The summed E-state index contributed by atoms with van der Waals surface area (Å²) < 4.78 is 5.97. The van der Waals surface area contributed by atoms with E-state index in [4.69, 9.17) is 4.74 Å². The lowest BCUT2D eigenvalue weighted by molar-refractivity contribution is 0.184. The minimum atomic E-state index is 0.301. The lowest BCUT2D eigenvalue weighted by Crippen LogP contribution is -2.05. The zero-order valence-corrected chi connectivity index (χ0v) is 9.89. The van der Waals surface area contributed by atoms with Crippen LogP contribution in [0.3, 0.4) is 0 Å². The molecule has 0 radical (unpaired) electrons. The molecule has 0 fully saturated rings. The Balaban J connectivity index is 2.97. The second-order valence-corrected chi connectivity index (χ2v) is 3.89. The average molecular weight is 260 g/mol. The summed E-state index contributed by atoms with van der Waals surface area (Å²) >= 11 is 3.43. The molecule has 1 rings (SSSR count). The summed E-state index contributed by atoms with van der Waals surface area (Å²) in [5.74, 6) is 0.301. The van der Waals surface area contributed by atoms with Crippen molar-refractivity contribution in [2.75, 3.05) is 14.2 Å². The average Bonchev–Trinajstić information content (AvgIpc) is 2.14. The van der Waals surface area contributed by atoms with Gasteiger partial charge in [-0.3, -0.25) is 0 Å². The summed E-state index contributed by atoms with van der Waals surface area (Å²) in [4.78, 5) is 0. The molecule has 2 N–H and O–H groups in total. The van der Waals surface area contributed by atoms with Gasteiger partial charge in [0.2, 0.25) is 0 Å². The SMILES string of the molecule is CNCc1cc(Br)c(COC)cc1O. The van der Waals surface area contributed by atoms with Crippen molar-refractivity contribution in [1.29, 1.82) is 0 Å². The highest BCUT2D eigenvalue weighted by Gasteiger charge is 2.06. The van der Waals surface area contributed by atoms with Crippen molar-refractivity contribution in [3.05, 3.63) is 27.7 Å². The van der Waals surface area contributed by atoms with Gasteiger partial charge in [0, 0.05) is 23.7 Å². The van der Waals surface area contributed by atoms with Crippen LogP contribution in [0.5, 0.6) is 5.75 Å². The number of methoxy groups -OCH3 is 1. The van der Waals surface area contributed by atoms with E-state index in [1.54, 1.807) is 13.2 Å². The Morgan fingerprint density at radius 2 is 2.14 bits per heavy atom. The number of nitrogens with one attached hydrogen (secondary N) is 1. The van der Waals surface area contributed by atoms with Crippen LogP contribution in [0.15, 0.2) is 16.6 Å². The Morgan fingerprint density at radius 3 is 2.71 bits per heavy atom. The summed E-state index contributed by atoms with van der Waals surface area (Å²) in [6.45, 7) is 1.14. The van der Waals surface area contributed by atoms with E-state index in [0.717, 1.165) is 15.6 Å². The molecule has 4 heteroatoms. The Morgan fingerprint density at radius 1 is 1.43 bits per heavy atom. The van der Waals surface area contributed by atoms with Gasteiger partial charge in [-0.15, -0.1) is 0 Å². The number of phenolic OH excluding ortho intramolecular Hbond substituents is 1. The number of aromatic hydroxyl groups is 1. The van der Waals surface area contributed by atoms with Crippen molar-refractivity contribution in [2.24, 2.45) is 0 Å². The number of halogens is 1. The first kappa shape index (κ1) is 11.5. The molecule has 0 bridgehead atoms. The van der Waals surface area contributed by atoms with Crippen LogP contribution in [-0.4, -0.2) is 19.3 Å². The molecule has 14 heavy (non-hydrogen) atoms. The smallest absolute Gasteiger partial charge is 0.120 e. The summed E-state index contributed by atoms with van der Waals surface area (Å²) in [6, 6.07) is 3.63. The van der Waals surface area contributed by atoms with E-state index in [1.165, 1.54) is 0 Å². The number of rotatable bonds is 4. The molecule has 0 unspecified atom stereocenters. The Hall–Kier alpha value is -0.580. The first-order chi connectivity index (χ1) is 6.69. The molecule has 1 aromatic carbocycles. The van der Waals surface area contributed by atoms with Crippen LogP contribution in [0.4, 0.5) is 0 Å². The first-order valence-electron chi connectivity index (χ1n) is 4.32. The largest absolute Gasteiger partial charge is 0.508 e. The highest BCUT2D eigenvalue weighted by Crippen LogP contribution is 2.26. The van der Waals surface area contributed by atoms with E-state index in [-0.39, 0.29) is 0 Å². The zero-order chi connectivity index (χ0) is 10.6. The molecule has 0 heterocycles. The van der Waals surface area contributed by atoms with Gasteiger partial charge < -0.3 is 15.2 Å². The molecule has 0 aliphatic heterocycles. The van der Waals surface area contributed by atoms with Crippen LogP contribution in [0.2, 0.25) is 0 Å². The van der Waals surface area contributed by atoms with Gasteiger partial charge >= 0.3 is 0 Å². The third-order valence-corrected chi connectivity index (χ3v) is 2.65. The summed E-state index contributed by atoms with van der Waals surface area (Å²) in [7, 11) is 3.47. The molecule has 1 aromatic rings. The molecule has 0 spiro atoms. The maximum Gasteiger partial charge on any atom is 0.120 e. The molecular weight excluding hydrogens is 246 g/mol. The topological polar surface area (TPSA) is 41.5 Å². The van der Waals surface area contributed by atoms with Crippen LogP contribution in [0.25, 0.3) is 0 Å². The highest BCUT2D eigenvalue weighted by atomic mass is 79.9. The van der Waals surface area contributed by atoms with Crippen LogP contribution in [-0.2, 0) is 17.9 Å². The zero-order valence-electron chi connectivity index (χ0n) is 8.30. The quantitative estimate of drug-likeness (QED) is 0.870. The van der Waals surface area contributed by atoms with Gasteiger partial charge in [0.1, 0.15) is 5.75 Å². The van der Waals surface area contributed by atoms with Gasteiger partial charge in [-0.05, 0) is 24.7 Å². The van der Waals surface area contributed by atoms with Crippen molar-refractivity contribution >= 4 is 15.9 Å². The van der Waals surface area contributed by atoms with E-state index in [0.29, 0.717) is 18.9 Å². The van der Waals surface area contributed by atoms with Crippen LogP contribution < -0.4 is 5.32 Å². The Labute approximate surface area is 92.2 Å². The second kappa shape index (κ2) is 5.34. The number of phenols is 1. The number of ether oxygens (including phenoxy) is 1. The fourth-order valence-electron chi connectivity index (χ4n) is 1.24. The molecule has 0 atom stereocenters. The third kappa shape index (κ3) is 2.70. The van der Waals surface area contributed by atoms with Gasteiger partial charge in [-0.2, -0.15) is 0 Å². The molecular formula is C10H14BrNO2. The predicted molar refractivity (Wildman–Crippen MR) is 59.3 cm³/mol. The molecule has 0 aromatic heterocycles. The summed E-state index contributed by atoms with van der Waals surface area (Å²) in [5.41, 5.74) is 1.82. The standard InChI is InChI=1S/C10H14BrNO2/c1-12-5-7-3-9(11)8(6-14-2)4-10(7)13/h3-4,12-13H,5-6H2,1-2H3. The van der Waals surface area contributed by atoms with E-state index in [9.17, 15) is 5.11 Å². The second-order valence-electron chi connectivity index (χ2n) is 3.04. The maximum absolute atomic E-state index is 9.66. The minimum absolute atomic E-state index is 0.301. The van der Waals surface area contributed by atoms with Crippen molar-refractivity contribution < 1.29 is 9.84 Å². The minimum Gasteiger partial charge on any atom is -0.508 e. The molecule has 3 nitrogen and oxygen atoms in total. The van der Waals surface area contributed by atoms with Gasteiger partial charge in [0.25, 0.3) is 0 Å². The fourth-order valence-corrected chi connectivity index (χ4v) is 1.75. The van der Waals surface area contributed by atoms with E-state index < -0.39 is 0 Å². The normalized spacial score (nSPS) is 10.5. The molecule has 0 aliphatic rings. The molecule has 0 saturated heterocycles. The number of benzene rings is 1. The maximum atomic E-state index is 9.66. The monoisotopic (exact) mass is 259 g/mol. The summed E-state index contributed by atoms with van der Waals surface area (Å²) in [6.07, 6.45) is 0. The van der Waals surface area contributed by atoms with Crippen molar-refractivity contribution in [2.45, 2.75) is 13.2 Å². The number of hydrogen-bond acceptors (Lipinski definition) is 3. The molecule has 78 valence electrons. The number of hydrogen-bond donors (Lipinski definition) is 2. The molecule has 0 saturated carbocycles. The van der Waals surface area contributed by atoms with E-state index in [2.05, 4.69) is 21.2 Å². The lowest BCUT2D eigenvalue weighted by Gasteiger charge is -2.09. The first-order valence-corrected chi connectivity index (χ1v) is 5.12. The molecule has 0 aliphatic carbocycles. The highest BCUT2D eigenvalue weighted by molar-refractivity contribution is 9.10. The van der Waals surface area contributed by atoms with Gasteiger partial charge in [-0.25, -0.2) is 0 Å². The van der Waals surface area contributed by atoms with E-state index in [1.807, 2.05) is 13.1 Å². The van der Waals surface area contributed by atoms with E-state index >= 15 is 0 Å². The van der Waals surface area contributed by atoms with Crippen molar-refractivity contribution in [1.82, 2.24) is 5.32 Å². The third-order valence-electron chi connectivity index (χ3n) is 1.91. The van der Waals surface area contributed by atoms with Crippen LogP contribution in [0, 0.1) is 0 Å². The van der Waals surface area contributed by atoms with Gasteiger partial charge in [0.05, 0.1) is 6.61 Å². The summed E-state index contributed by atoms with van der Waals surface area (Å²) in [5, 5.41) is 12.6. The Kier molecular flexibility index (Phi) is 4.38. The molecule has 0 amide bonds. The van der Waals surface area contributed by atoms with Gasteiger partial charge in [0.15, 0.2) is 0 Å². The van der Waals surface area contributed by atoms with Crippen molar-refractivity contribution in [3.63, 3.8) is 0 Å².